The molecule has 1 aromatic heterocycles. The minimum atomic E-state index is -3.52. The number of amides is 1. The lowest BCUT2D eigenvalue weighted by atomic mass is 10.2. The van der Waals surface area contributed by atoms with Gasteiger partial charge in [0, 0.05) is 30.1 Å². The van der Waals surface area contributed by atoms with Crippen LogP contribution in [0.4, 0.5) is 6.01 Å². The van der Waals surface area contributed by atoms with E-state index in [9.17, 15) is 13.2 Å². The highest BCUT2D eigenvalue weighted by atomic mass is 32.2. The smallest absolute Gasteiger partial charge is 0.322 e. The van der Waals surface area contributed by atoms with Gasteiger partial charge in [-0.05, 0) is 48.7 Å². The lowest BCUT2D eigenvalue weighted by Gasteiger charge is -2.11. The number of sulfonamides is 1. The summed E-state index contributed by atoms with van der Waals surface area (Å²) in [5.74, 6) is -0.194. The van der Waals surface area contributed by atoms with Gasteiger partial charge in [0.15, 0.2) is 0 Å². The van der Waals surface area contributed by atoms with Crippen LogP contribution in [0.1, 0.15) is 10.4 Å². The van der Waals surface area contributed by atoms with Crippen molar-refractivity contribution in [1.29, 1.82) is 0 Å². The van der Waals surface area contributed by atoms with Crippen molar-refractivity contribution >= 4 is 33.7 Å². The largest absolute Gasteiger partial charge is 0.403 e. The Morgan fingerprint density at radius 3 is 2.46 bits per heavy atom. The first-order valence-electron chi connectivity index (χ1n) is 8.13. The van der Waals surface area contributed by atoms with Gasteiger partial charge in [-0.2, -0.15) is 0 Å². The van der Waals surface area contributed by atoms with Gasteiger partial charge in [-0.3, -0.25) is 10.1 Å². The maximum atomic E-state index is 12.3. The third kappa shape index (κ3) is 4.24. The molecule has 0 saturated carbocycles. The summed E-state index contributed by atoms with van der Waals surface area (Å²) in [7, 11) is -0.588. The number of carbonyl (C=O) groups is 1. The van der Waals surface area contributed by atoms with E-state index in [2.05, 4.69) is 15.5 Å². The number of benzene rings is 2. The Morgan fingerprint density at radius 1 is 1.11 bits per heavy atom. The predicted octanol–water partition coefficient (Wildman–Crippen LogP) is 2.96. The van der Waals surface area contributed by atoms with Gasteiger partial charge in [0.05, 0.1) is 4.90 Å². The van der Waals surface area contributed by atoms with Crippen molar-refractivity contribution in [2.45, 2.75) is 9.79 Å². The number of aromatic nitrogens is 2. The van der Waals surface area contributed by atoms with Gasteiger partial charge in [0.2, 0.25) is 15.9 Å². The number of nitrogens with zero attached hydrogens (tertiary/aromatic N) is 3. The summed E-state index contributed by atoms with van der Waals surface area (Å²) in [4.78, 5) is 13.4. The molecule has 3 aromatic rings. The van der Waals surface area contributed by atoms with E-state index in [1.807, 2.05) is 12.3 Å². The number of nitrogens with one attached hydrogen (secondary N) is 1. The summed E-state index contributed by atoms with van der Waals surface area (Å²) in [5, 5.41) is 10.3. The highest BCUT2D eigenvalue weighted by molar-refractivity contribution is 7.98. The number of thioether (sulfide) groups is 1. The van der Waals surface area contributed by atoms with Crippen LogP contribution in [0.5, 0.6) is 0 Å². The second-order valence-corrected chi connectivity index (χ2v) is 8.94. The van der Waals surface area contributed by atoms with Crippen LogP contribution < -0.4 is 5.32 Å². The fraction of sp³-hybridized carbons (Fsp3) is 0.167. The van der Waals surface area contributed by atoms with Crippen LogP contribution in [0.25, 0.3) is 11.5 Å². The molecular formula is C18H18N4O4S2. The van der Waals surface area contributed by atoms with Crippen molar-refractivity contribution in [3.63, 3.8) is 0 Å². The summed E-state index contributed by atoms with van der Waals surface area (Å²) in [6.45, 7) is 0. The highest BCUT2D eigenvalue weighted by Gasteiger charge is 2.18. The fourth-order valence-corrected chi connectivity index (χ4v) is 3.67. The van der Waals surface area contributed by atoms with Crippen LogP contribution in [0.3, 0.4) is 0 Å². The third-order valence-electron chi connectivity index (χ3n) is 3.86. The third-order valence-corrected chi connectivity index (χ3v) is 6.41. The second kappa shape index (κ2) is 8.13. The van der Waals surface area contributed by atoms with Crippen LogP contribution in [0.15, 0.2) is 62.7 Å². The van der Waals surface area contributed by atoms with Crippen LogP contribution in [0, 0.1) is 0 Å². The van der Waals surface area contributed by atoms with Crippen molar-refractivity contribution in [1.82, 2.24) is 14.5 Å². The molecule has 28 heavy (non-hydrogen) atoms. The lowest BCUT2D eigenvalue weighted by molar-refractivity contribution is 0.102. The summed E-state index contributed by atoms with van der Waals surface area (Å²) in [6.07, 6.45) is 1.93. The maximum absolute atomic E-state index is 12.3. The van der Waals surface area contributed by atoms with E-state index in [-0.39, 0.29) is 22.7 Å². The van der Waals surface area contributed by atoms with Gasteiger partial charge in [0.1, 0.15) is 0 Å². The molecule has 146 valence electrons. The second-order valence-electron chi connectivity index (χ2n) is 5.91. The Labute approximate surface area is 167 Å². The van der Waals surface area contributed by atoms with E-state index in [0.717, 1.165) is 9.20 Å². The number of anilines is 1. The molecule has 3 rings (SSSR count). The zero-order valence-electron chi connectivity index (χ0n) is 15.4. The van der Waals surface area contributed by atoms with Gasteiger partial charge in [-0.25, -0.2) is 12.7 Å². The SMILES string of the molecule is CSc1cccc(C(=O)Nc2nnc(-c3ccc(S(=O)(=O)N(C)C)cc3)o2)c1. The molecule has 0 saturated heterocycles. The van der Waals surface area contributed by atoms with Crippen molar-refractivity contribution < 1.29 is 17.6 Å². The Hall–Kier alpha value is -2.69. The summed E-state index contributed by atoms with van der Waals surface area (Å²) in [5.41, 5.74) is 1.01. The molecule has 1 heterocycles. The number of hydrogen-bond acceptors (Lipinski definition) is 7. The number of carbonyl (C=O) groups excluding carboxylic acids is 1. The molecule has 0 bridgehead atoms. The first-order valence-corrected chi connectivity index (χ1v) is 10.8. The fourth-order valence-electron chi connectivity index (χ4n) is 2.30. The molecule has 0 atom stereocenters. The predicted molar refractivity (Wildman–Crippen MR) is 107 cm³/mol. The summed E-state index contributed by atoms with van der Waals surface area (Å²) in [6, 6.07) is 13.2. The molecule has 0 aliphatic carbocycles. The van der Waals surface area contributed by atoms with Crippen LogP contribution in [-0.4, -0.2) is 49.2 Å². The van der Waals surface area contributed by atoms with Crippen LogP contribution in [-0.2, 0) is 10.0 Å². The molecule has 0 aliphatic rings. The van der Waals surface area contributed by atoms with Gasteiger partial charge in [-0.1, -0.05) is 11.2 Å². The summed E-state index contributed by atoms with van der Waals surface area (Å²) >= 11 is 1.54. The van der Waals surface area contributed by atoms with Crippen molar-refractivity contribution in [2.75, 3.05) is 25.7 Å². The van der Waals surface area contributed by atoms with Crippen LogP contribution >= 0.6 is 11.8 Å². The van der Waals surface area contributed by atoms with E-state index < -0.39 is 10.0 Å². The molecule has 0 unspecified atom stereocenters. The lowest BCUT2D eigenvalue weighted by Crippen LogP contribution is -2.22. The van der Waals surface area contributed by atoms with Crippen molar-refractivity contribution in [3.8, 4) is 11.5 Å². The van der Waals surface area contributed by atoms with Crippen LogP contribution in [0.2, 0.25) is 0 Å². The van der Waals surface area contributed by atoms with E-state index in [0.29, 0.717) is 11.1 Å². The molecule has 0 aliphatic heterocycles. The molecule has 0 fully saturated rings. The Kier molecular flexibility index (Phi) is 5.82. The topological polar surface area (TPSA) is 105 Å². The van der Waals surface area contributed by atoms with Crippen molar-refractivity contribution in [2.24, 2.45) is 0 Å². The maximum Gasteiger partial charge on any atom is 0.322 e. The van der Waals surface area contributed by atoms with E-state index >= 15 is 0 Å². The first-order chi connectivity index (χ1) is 13.3. The molecule has 1 amide bonds. The average Bonchev–Trinajstić information content (AvgIpc) is 3.16. The number of hydrogen-bond donors (Lipinski definition) is 1. The molecule has 0 radical (unpaired) electrons. The first kappa shape index (κ1) is 20.1. The standard InChI is InChI=1S/C18H18N4O4S2/c1-22(2)28(24,25)15-9-7-12(8-10-15)17-20-21-18(26-17)19-16(23)13-5-4-6-14(11-13)27-3/h4-11H,1-3H3,(H,19,21,23). The Balaban J connectivity index is 1.76. The number of rotatable bonds is 6. The zero-order chi connectivity index (χ0) is 20.3. The van der Waals surface area contributed by atoms with E-state index in [1.165, 1.54) is 38.0 Å². The minimum absolute atomic E-state index is 0.0421. The molecule has 2 aromatic carbocycles. The van der Waals surface area contributed by atoms with E-state index in [4.69, 9.17) is 4.42 Å². The molecule has 1 N–H and O–H groups in total. The monoisotopic (exact) mass is 418 g/mol. The highest BCUT2D eigenvalue weighted by Crippen LogP contribution is 2.23. The van der Waals surface area contributed by atoms with Gasteiger partial charge < -0.3 is 4.42 Å². The summed E-state index contributed by atoms with van der Waals surface area (Å²) < 4.78 is 30.8. The molecule has 8 nitrogen and oxygen atoms in total. The molecule has 0 spiro atoms. The average molecular weight is 419 g/mol. The molecular weight excluding hydrogens is 400 g/mol. The normalized spacial score (nSPS) is 11.6. The zero-order valence-corrected chi connectivity index (χ0v) is 17.0. The minimum Gasteiger partial charge on any atom is -0.403 e. The quantitative estimate of drug-likeness (QED) is 0.614. The molecule has 10 heteroatoms. The van der Waals surface area contributed by atoms with Crippen molar-refractivity contribution in [3.05, 3.63) is 54.1 Å². The van der Waals surface area contributed by atoms with E-state index in [1.54, 1.807) is 30.3 Å². The Bertz CT molecular complexity index is 1090. The van der Waals surface area contributed by atoms with Gasteiger partial charge >= 0.3 is 6.01 Å². The van der Waals surface area contributed by atoms with Gasteiger partial charge in [-0.15, -0.1) is 16.9 Å². The Morgan fingerprint density at radius 2 is 1.82 bits per heavy atom. The van der Waals surface area contributed by atoms with Gasteiger partial charge in [0.25, 0.3) is 5.91 Å².